The van der Waals surface area contributed by atoms with Crippen LogP contribution in [-0.4, -0.2) is 27.6 Å². The number of carboxylic acids is 1. The first-order chi connectivity index (χ1) is 11.5. The van der Waals surface area contributed by atoms with Crippen LogP contribution in [0.4, 0.5) is 21.8 Å². The molecular formula is C16H12ClFN4O2. The van der Waals surface area contributed by atoms with Crippen molar-refractivity contribution < 1.29 is 14.3 Å². The minimum atomic E-state index is -1.00. The van der Waals surface area contributed by atoms with Gasteiger partial charge in [0, 0.05) is 11.1 Å². The van der Waals surface area contributed by atoms with Gasteiger partial charge < -0.3 is 15.7 Å². The fourth-order valence-electron chi connectivity index (χ4n) is 2.13. The molecule has 0 aliphatic heterocycles. The lowest BCUT2D eigenvalue weighted by Gasteiger charge is -2.11. The van der Waals surface area contributed by atoms with Crippen LogP contribution >= 0.6 is 11.6 Å². The molecule has 0 atom stereocenters. The number of halogens is 2. The van der Waals surface area contributed by atoms with Crippen LogP contribution < -0.4 is 10.6 Å². The summed E-state index contributed by atoms with van der Waals surface area (Å²) in [6.45, 7) is -0.275. The van der Waals surface area contributed by atoms with Gasteiger partial charge in [0.05, 0.1) is 10.5 Å². The maximum atomic E-state index is 13.2. The van der Waals surface area contributed by atoms with E-state index in [4.69, 9.17) is 16.7 Å². The van der Waals surface area contributed by atoms with Crippen molar-refractivity contribution in [2.24, 2.45) is 0 Å². The summed E-state index contributed by atoms with van der Waals surface area (Å²) in [6.07, 6.45) is 0. The predicted molar refractivity (Wildman–Crippen MR) is 90.4 cm³/mol. The first-order valence-corrected chi connectivity index (χ1v) is 7.35. The number of hydrogen-bond acceptors (Lipinski definition) is 5. The van der Waals surface area contributed by atoms with Crippen molar-refractivity contribution in [3.8, 4) is 0 Å². The van der Waals surface area contributed by atoms with Gasteiger partial charge in [-0.25, -0.2) is 9.37 Å². The molecule has 0 unspecified atom stereocenters. The molecule has 3 rings (SSSR count). The van der Waals surface area contributed by atoms with Crippen LogP contribution in [0.25, 0.3) is 10.9 Å². The maximum absolute atomic E-state index is 13.2. The molecule has 1 aromatic heterocycles. The molecule has 0 aliphatic rings. The van der Waals surface area contributed by atoms with Gasteiger partial charge >= 0.3 is 5.97 Å². The van der Waals surface area contributed by atoms with Gasteiger partial charge in [-0.15, -0.1) is 0 Å². The summed E-state index contributed by atoms with van der Waals surface area (Å²) in [5.74, 6) is -0.897. The number of carboxylic acid groups (broad SMARTS) is 1. The minimum Gasteiger partial charge on any atom is -0.480 e. The number of hydrogen-bond donors (Lipinski definition) is 3. The van der Waals surface area contributed by atoms with E-state index >= 15 is 0 Å². The molecule has 0 amide bonds. The largest absolute Gasteiger partial charge is 0.480 e. The standard InChI is InChI=1S/C16H12ClFN4O2/c17-11-7-9(5-6-12(11)18)20-16-21-13-4-2-1-3-10(13)15(22-16)19-8-14(23)24/h1-7H,8H2,(H,23,24)(H2,19,20,21,22). The predicted octanol–water partition coefficient (Wildman–Crippen LogP) is 3.66. The molecule has 3 N–H and O–H groups in total. The molecule has 1 heterocycles. The lowest BCUT2D eigenvalue weighted by atomic mass is 10.2. The van der Waals surface area contributed by atoms with Gasteiger partial charge in [0.15, 0.2) is 0 Å². The summed E-state index contributed by atoms with van der Waals surface area (Å²) in [4.78, 5) is 19.4. The van der Waals surface area contributed by atoms with E-state index in [1.165, 1.54) is 18.2 Å². The summed E-state index contributed by atoms with van der Waals surface area (Å²) < 4.78 is 13.2. The molecule has 0 radical (unpaired) electrons. The third-order valence-electron chi connectivity index (χ3n) is 3.19. The Balaban J connectivity index is 1.98. The van der Waals surface area contributed by atoms with Crippen LogP contribution in [0.3, 0.4) is 0 Å². The van der Waals surface area contributed by atoms with Crippen molar-refractivity contribution in [1.82, 2.24) is 9.97 Å². The second kappa shape index (κ2) is 6.67. The van der Waals surface area contributed by atoms with E-state index in [2.05, 4.69) is 20.6 Å². The van der Waals surface area contributed by atoms with E-state index in [1.807, 2.05) is 12.1 Å². The Bertz CT molecular complexity index is 920. The molecule has 0 saturated heterocycles. The Kier molecular flexibility index (Phi) is 4.43. The van der Waals surface area contributed by atoms with Crippen LogP contribution in [0.1, 0.15) is 0 Å². The summed E-state index contributed by atoms with van der Waals surface area (Å²) in [5, 5.41) is 15.2. The summed E-state index contributed by atoms with van der Waals surface area (Å²) in [6, 6.07) is 11.3. The molecule has 0 bridgehead atoms. The van der Waals surface area contributed by atoms with E-state index in [0.717, 1.165) is 0 Å². The van der Waals surface area contributed by atoms with Crippen molar-refractivity contribution in [3.63, 3.8) is 0 Å². The summed E-state index contributed by atoms with van der Waals surface area (Å²) >= 11 is 5.76. The highest BCUT2D eigenvalue weighted by molar-refractivity contribution is 6.31. The Labute approximate surface area is 141 Å². The number of para-hydroxylation sites is 1. The van der Waals surface area contributed by atoms with Crippen LogP contribution in [0.5, 0.6) is 0 Å². The van der Waals surface area contributed by atoms with E-state index in [-0.39, 0.29) is 17.5 Å². The highest BCUT2D eigenvalue weighted by atomic mass is 35.5. The third kappa shape index (κ3) is 3.52. The first-order valence-electron chi connectivity index (χ1n) is 6.97. The van der Waals surface area contributed by atoms with E-state index in [0.29, 0.717) is 22.4 Å². The normalized spacial score (nSPS) is 10.6. The molecule has 2 aromatic carbocycles. The summed E-state index contributed by atoms with van der Waals surface area (Å²) in [5.41, 5.74) is 1.15. The number of rotatable bonds is 5. The molecule has 6 nitrogen and oxygen atoms in total. The number of nitrogens with one attached hydrogen (secondary N) is 2. The monoisotopic (exact) mass is 346 g/mol. The molecule has 0 saturated carbocycles. The second-order valence-corrected chi connectivity index (χ2v) is 5.32. The number of carbonyl (C=O) groups is 1. The van der Waals surface area contributed by atoms with E-state index in [9.17, 15) is 9.18 Å². The number of benzene rings is 2. The summed E-state index contributed by atoms with van der Waals surface area (Å²) in [7, 11) is 0. The second-order valence-electron chi connectivity index (χ2n) is 4.91. The quantitative estimate of drug-likeness (QED) is 0.653. The van der Waals surface area contributed by atoms with E-state index in [1.54, 1.807) is 12.1 Å². The maximum Gasteiger partial charge on any atom is 0.322 e. The molecule has 3 aromatic rings. The fraction of sp³-hybridized carbons (Fsp3) is 0.0625. The van der Waals surface area contributed by atoms with Crippen LogP contribution in [-0.2, 0) is 4.79 Å². The topological polar surface area (TPSA) is 87.1 Å². The Morgan fingerprint density at radius 3 is 2.75 bits per heavy atom. The third-order valence-corrected chi connectivity index (χ3v) is 3.48. The van der Waals surface area contributed by atoms with Gasteiger partial charge in [0.2, 0.25) is 5.95 Å². The highest BCUT2D eigenvalue weighted by Gasteiger charge is 2.09. The Morgan fingerprint density at radius 2 is 2.00 bits per heavy atom. The minimum absolute atomic E-state index is 0.0231. The van der Waals surface area contributed by atoms with Gasteiger partial charge in [-0.05, 0) is 30.3 Å². The number of anilines is 3. The van der Waals surface area contributed by atoms with Crippen LogP contribution in [0.2, 0.25) is 5.02 Å². The molecule has 8 heteroatoms. The molecule has 122 valence electrons. The molecule has 24 heavy (non-hydrogen) atoms. The zero-order chi connectivity index (χ0) is 17.1. The number of aliphatic carboxylic acids is 1. The van der Waals surface area contributed by atoms with Crippen molar-refractivity contribution in [3.05, 3.63) is 53.3 Å². The Hall–Kier alpha value is -2.93. The van der Waals surface area contributed by atoms with Gasteiger partial charge in [-0.2, -0.15) is 4.98 Å². The van der Waals surface area contributed by atoms with Crippen molar-refractivity contribution in [2.75, 3.05) is 17.2 Å². The van der Waals surface area contributed by atoms with Crippen molar-refractivity contribution in [2.45, 2.75) is 0 Å². The van der Waals surface area contributed by atoms with E-state index < -0.39 is 11.8 Å². The smallest absolute Gasteiger partial charge is 0.322 e. The zero-order valence-electron chi connectivity index (χ0n) is 12.3. The SMILES string of the molecule is O=C(O)CNc1nc(Nc2ccc(F)c(Cl)c2)nc2ccccc12. The number of fused-ring (bicyclic) bond motifs is 1. The van der Waals surface area contributed by atoms with Crippen LogP contribution in [0, 0.1) is 5.82 Å². The molecule has 0 spiro atoms. The number of aromatic nitrogens is 2. The number of nitrogens with zero attached hydrogens (tertiary/aromatic N) is 2. The van der Waals surface area contributed by atoms with Gasteiger partial charge in [0.25, 0.3) is 0 Å². The molecule has 0 fully saturated rings. The highest BCUT2D eigenvalue weighted by Crippen LogP contribution is 2.25. The van der Waals surface area contributed by atoms with Gasteiger partial charge in [-0.3, -0.25) is 4.79 Å². The lowest BCUT2D eigenvalue weighted by Crippen LogP contribution is -2.14. The molecule has 0 aliphatic carbocycles. The Morgan fingerprint density at radius 1 is 1.21 bits per heavy atom. The average molecular weight is 347 g/mol. The average Bonchev–Trinajstić information content (AvgIpc) is 2.56. The van der Waals surface area contributed by atoms with Crippen LogP contribution in [0.15, 0.2) is 42.5 Å². The van der Waals surface area contributed by atoms with Gasteiger partial charge in [-0.1, -0.05) is 23.7 Å². The fourth-order valence-corrected chi connectivity index (χ4v) is 2.31. The zero-order valence-corrected chi connectivity index (χ0v) is 13.0. The van der Waals surface area contributed by atoms with Crippen molar-refractivity contribution >= 4 is 45.9 Å². The van der Waals surface area contributed by atoms with Crippen molar-refractivity contribution in [1.29, 1.82) is 0 Å². The first kappa shape index (κ1) is 15.9. The molecular weight excluding hydrogens is 335 g/mol. The lowest BCUT2D eigenvalue weighted by molar-refractivity contribution is -0.134. The van der Waals surface area contributed by atoms with Gasteiger partial charge in [0.1, 0.15) is 18.2 Å².